The fraction of sp³-hybridized carbons (Fsp3) is 0.269. The van der Waals surface area contributed by atoms with Crippen LogP contribution in [-0.4, -0.2) is 39.7 Å². The Labute approximate surface area is 217 Å². The second kappa shape index (κ2) is 10.9. The van der Waals surface area contributed by atoms with Crippen LogP contribution in [0, 0.1) is 24.0 Å². The van der Waals surface area contributed by atoms with E-state index in [1.165, 1.54) is 6.07 Å². The molecule has 0 spiro atoms. The van der Waals surface area contributed by atoms with Crippen molar-refractivity contribution >= 4 is 29.1 Å². The molecule has 2 atom stereocenters. The lowest BCUT2D eigenvalue weighted by molar-refractivity contribution is 0.0817. The van der Waals surface area contributed by atoms with E-state index in [1.54, 1.807) is 0 Å². The average molecular weight is 531 g/mol. The van der Waals surface area contributed by atoms with Crippen LogP contribution in [0.1, 0.15) is 40.0 Å². The van der Waals surface area contributed by atoms with Gasteiger partial charge in [-0.3, -0.25) is 4.79 Å². The van der Waals surface area contributed by atoms with Gasteiger partial charge in [0, 0.05) is 29.8 Å². The predicted molar refractivity (Wildman–Crippen MR) is 133 cm³/mol. The van der Waals surface area contributed by atoms with Crippen LogP contribution in [0.15, 0.2) is 48.5 Å². The van der Waals surface area contributed by atoms with Crippen LogP contribution in [0.3, 0.4) is 0 Å². The van der Waals surface area contributed by atoms with Crippen LogP contribution in [-0.2, 0) is 12.0 Å². The van der Waals surface area contributed by atoms with Crippen LogP contribution in [0.4, 0.5) is 8.78 Å². The highest BCUT2D eigenvalue weighted by Crippen LogP contribution is 2.45. The summed E-state index contributed by atoms with van der Waals surface area (Å²) in [6, 6.07) is 10.9. The number of rotatable bonds is 9. The molecule has 1 saturated carbocycles. The first-order valence-corrected chi connectivity index (χ1v) is 11.9. The monoisotopic (exact) mass is 530 g/mol. The largest absolute Gasteiger partial charge is 0.390 e. The Hall–Kier alpha value is -3.09. The summed E-state index contributed by atoms with van der Waals surface area (Å²) in [7, 11) is 0. The summed E-state index contributed by atoms with van der Waals surface area (Å²) in [5.74, 6) is 0.417. The number of nitrogens with one attached hydrogen (secondary N) is 2. The van der Waals surface area contributed by atoms with E-state index in [0.29, 0.717) is 0 Å². The Balaban J connectivity index is 1.53. The van der Waals surface area contributed by atoms with Crippen molar-refractivity contribution in [3.05, 3.63) is 93.0 Å². The van der Waals surface area contributed by atoms with Crippen LogP contribution >= 0.6 is 23.2 Å². The standard InChI is InChI=1S/C26H22Cl2F2N4O2/c1-2-15-4-3-5-17(8-15)26(6-7-26)31-14-22(35)20(11-16-9-18(29)12-19(30)10-16)32-24(36)21-13-23(27)34-25(28)33-21/h1,3-5,8-10,12-13,20,22,31,35H,6-7,11,14H2,(H,32,36)/t20-,22+/m0/s1. The van der Waals surface area contributed by atoms with Gasteiger partial charge in [0.05, 0.1) is 12.1 Å². The van der Waals surface area contributed by atoms with Gasteiger partial charge < -0.3 is 15.7 Å². The van der Waals surface area contributed by atoms with E-state index in [2.05, 4.69) is 26.5 Å². The van der Waals surface area contributed by atoms with E-state index in [-0.39, 0.29) is 40.2 Å². The molecule has 0 bridgehead atoms. The van der Waals surface area contributed by atoms with Crippen LogP contribution in [0.5, 0.6) is 0 Å². The fourth-order valence-electron chi connectivity index (χ4n) is 4.06. The molecule has 1 fully saturated rings. The zero-order chi connectivity index (χ0) is 25.9. The molecule has 1 amide bonds. The highest BCUT2D eigenvalue weighted by Gasteiger charge is 2.44. The fourth-order valence-corrected chi connectivity index (χ4v) is 4.46. The number of amides is 1. The van der Waals surface area contributed by atoms with Crippen molar-refractivity contribution in [3.63, 3.8) is 0 Å². The van der Waals surface area contributed by atoms with Gasteiger partial charge in [0.1, 0.15) is 22.5 Å². The molecule has 0 saturated heterocycles. The Kier molecular flexibility index (Phi) is 7.86. The maximum atomic E-state index is 13.8. The zero-order valence-corrected chi connectivity index (χ0v) is 20.5. The van der Waals surface area contributed by atoms with Gasteiger partial charge in [-0.15, -0.1) is 6.42 Å². The number of aliphatic hydroxyl groups is 1. The van der Waals surface area contributed by atoms with Gasteiger partial charge >= 0.3 is 0 Å². The molecule has 36 heavy (non-hydrogen) atoms. The number of nitrogens with zero attached hydrogens (tertiary/aromatic N) is 2. The molecule has 2 aromatic carbocycles. The van der Waals surface area contributed by atoms with Crippen molar-refractivity contribution < 1.29 is 18.7 Å². The van der Waals surface area contributed by atoms with Crippen LogP contribution in [0.25, 0.3) is 0 Å². The number of benzene rings is 2. The molecular formula is C26H22Cl2F2N4O2. The summed E-state index contributed by atoms with van der Waals surface area (Å²) in [6.45, 7) is 0.0916. The Morgan fingerprint density at radius 2 is 1.86 bits per heavy atom. The molecule has 6 nitrogen and oxygen atoms in total. The van der Waals surface area contributed by atoms with Gasteiger partial charge in [0.2, 0.25) is 5.28 Å². The highest BCUT2D eigenvalue weighted by molar-refractivity contribution is 6.32. The molecule has 0 aliphatic heterocycles. The van der Waals surface area contributed by atoms with Gasteiger partial charge in [-0.05, 0) is 66.3 Å². The number of carbonyl (C=O) groups excluding carboxylic acids is 1. The molecule has 1 heterocycles. The van der Waals surface area contributed by atoms with Crippen molar-refractivity contribution in [2.24, 2.45) is 0 Å². The topological polar surface area (TPSA) is 87.1 Å². The van der Waals surface area contributed by atoms with Crippen molar-refractivity contribution in [2.45, 2.75) is 36.9 Å². The van der Waals surface area contributed by atoms with Crippen molar-refractivity contribution in [1.82, 2.24) is 20.6 Å². The van der Waals surface area contributed by atoms with Gasteiger partial charge in [-0.25, -0.2) is 18.7 Å². The Bertz CT molecular complexity index is 1290. The van der Waals surface area contributed by atoms with Gasteiger partial charge in [-0.2, -0.15) is 0 Å². The number of aromatic nitrogens is 2. The first-order chi connectivity index (χ1) is 17.2. The van der Waals surface area contributed by atoms with Gasteiger partial charge in [0.25, 0.3) is 5.91 Å². The summed E-state index contributed by atoms with van der Waals surface area (Å²) >= 11 is 11.7. The lowest BCUT2D eigenvalue weighted by Crippen LogP contribution is -2.50. The van der Waals surface area contributed by atoms with Crippen molar-refractivity contribution in [2.75, 3.05) is 6.54 Å². The second-order valence-electron chi connectivity index (χ2n) is 8.66. The van der Waals surface area contributed by atoms with Crippen molar-refractivity contribution in [3.8, 4) is 12.3 Å². The maximum Gasteiger partial charge on any atom is 0.270 e. The minimum Gasteiger partial charge on any atom is -0.390 e. The number of aliphatic hydroxyl groups excluding tert-OH is 1. The third-order valence-corrected chi connectivity index (χ3v) is 6.40. The maximum absolute atomic E-state index is 13.8. The molecule has 3 aromatic rings. The predicted octanol–water partition coefficient (Wildman–Crippen LogP) is 4.02. The normalized spacial score (nSPS) is 15.6. The summed E-state index contributed by atoms with van der Waals surface area (Å²) in [5.41, 5.74) is 1.56. The number of hydrogen-bond donors (Lipinski definition) is 3. The first-order valence-electron chi connectivity index (χ1n) is 11.1. The summed E-state index contributed by atoms with van der Waals surface area (Å²) in [4.78, 5) is 20.4. The van der Waals surface area contributed by atoms with Gasteiger partial charge in [-0.1, -0.05) is 29.7 Å². The molecule has 186 valence electrons. The SMILES string of the molecule is C#Cc1cccc(C2(NC[C@@H](O)[C@H](Cc3cc(F)cc(F)c3)NC(=O)c3cc(Cl)nc(Cl)n3)CC2)c1. The molecular weight excluding hydrogens is 509 g/mol. The molecule has 3 N–H and O–H groups in total. The minimum absolute atomic E-state index is 0.0315. The van der Waals surface area contributed by atoms with E-state index >= 15 is 0 Å². The Morgan fingerprint density at radius 1 is 1.14 bits per heavy atom. The van der Waals surface area contributed by atoms with Crippen LogP contribution in [0.2, 0.25) is 10.4 Å². The number of halogens is 4. The lowest BCUT2D eigenvalue weighted by atomic mass is 9.98. The summed E-state index contributed by atoms with van der Waals surface area (Å²) < 4.78 is 27.6. The lowest BCUT2D eigenvalue weighted by Gasteiger charge is -2.27. The summed E-state index contributed by atoms with van der Waals surface area (Å²) in [5, 5.41) is 16.9. The van der Waals surface area contributed by atoms with E-state index in [9.17, 15) is 18.7 Å². The highest BCUT2D eigenvalue weighted by atomic mass is 35.5. The molecule has 1 aromatic heterocycles. The molecule has 1 aliphatic rings. The molecule has 0 unspecified atom stereocenters. The Morgan fingerprint density at radius 3 is 2.50 bits per heavy atom. The molecule has 1 aliphatic carbocycles. The minimum atomic E-state index is -1.12. The van der Waals surface area contributed by atoms with E-state index in [4.69, 9.17) is 29.6 Å². The molecule has 0 radical (unpaired) electrons. The molecule has 4 rings (SSSR count). The van der Waals surface area contributed by atoms with E-state index in [1.807, 2.05) is 24.3 Å². The number of terminal acetylenes is 1. The molecule has 10 heteroatoms. The quantitative estimate of drug-likeness (QED) is 0.221. The van der Waals surface area contributed by atoms with E-state index < -0.39 is 29.7 Å². The number of hydrogen-bond acceptors (Lipinski definition) is 5. The third kappa shape index (κ3) is 6.37. The number of carbonyl (C=O) groups is 1. The average Bonchev–Trinajstić information content (AvgIpc) is 3.62. The second-order valence-corrected chi connectivity index (χ2v) is 9.39. The van der Waals surface area contributed by atoms with E-state index in [0.717, 1.165) is 42.2 Å². The smallest absolute Gasteiger partial charge is 0.270 e. The zero-order valence-electron chi connectivity index (χ0n) is 18.9. The summed E-state index contributed by atoms with van der Waals surface area (Å²) in [6.07, 6.45) is 6.04. The first kappa shape index (κ1) is 26.0. The van der Waals surface area contributed by atoms with Crippen LogP contribution < -0.4 is 10.6 Å². The van der Waals surface area contributed by atoms with Crippen molar-refractivity contribution in [1.29, 1.82) is 0 Å². The van der Waals surface area contributed by atoms with Gasteiger partial charge in [0.15, 0.2) is 0 Å². The third-order valence-electron chi connectivity index (χ3n) is 6.04.